The molecule has 0 aromatic carbocycles. The molecule has 0 fully saturated rings. The zero-order chi connectivity index (χ0) is 14.7. The highest BCUT2D eigenvalue weighted by atomic mass is 35.5. The Morgan fingerprint density at radius 2 is 2.35 bits per heavy atom. The van der Waals surface area contributed by atoms with E-state index in [9.17, 15) is 15.2 Å². The quantitative estimate of drug-likeness (QED) is 0.499. The third kappa shape index (κ3) is 3.21. The zero-order valence-electron chi connectivity index (χ0n) is 10.4. The number of hydrogen-bond acceptors (Lipinski definition) is 7. The van der Waals surface area contributed by atoms with Crippen LogP contribution in [0.5, 0.6) is 0 Å². The summed E-state index contributed by atoms with van der Waals surface area (Å²) in [4.78, 5) is 18.0. The topological polar surface area (TPSA) is 101 Å². The summed E-state index contributed by atoms with van der Waals surface area (Å²) in [6.07, 6.45) is -0.782. The van der Waals surface area contributed by atoms with Crippen molar-refractivity contribution in [3.8, 4) is 0 Å². The lowest BCUT2D eigenvalue weighted by Crippen LogP contribution is -2.14. The van der Waals surface area contributed by atoms with E-state index in [1.165, 1.54) is 18.3 Å². The molecule has 0 radical (unpaired) electrons. The van der Waals surface area contributed by atoms with Gasteiger partial charge in [0.2, 0.25) is 11.1 Å². The van der Waals surface area contributed by atoms with E-state index in [-0.39, 0.29) is 29.0 Å². The third-order valence-electron chi connectivity index (χ3n) is 2.60. The first kappa shape index (κ1) is 14.6. The van der Waals surface area contributed by atoms with Gasteiger partial charge in [-0.15, -0.1) is 0 Å². The minimum atomic E-state index is -0.782. The molecule has 2 heterocycles. The van der Waals surface area contributed by atoms with Crippen LogP contribution in [0, 0.1) is 17.0 Å². The lowest BCUT2D eigenvalue weighted by atomic mass is 10.2. The Labute approximate surface area is 123 Å². The van der Waals surface area contributed by atoms with Crippen molar-refractivity contribution in [1.29, 1.82) is 0 Å². The van der Waals surface area contributed by atoms with E-state index in [0.717, 1.165) is 5.56 Å². The number of nitrogens with zero attached hydrogens (tertiary/aromatic N) is 3. The van der Waals surface area contributed by atoms with E-state index in [0.29, 0.717) is 0 Å². The highest BCUT2D eigenvalue weighted by molar-refractivity contribution is 7.07. The number of anilines is 1. The summed E-state index contributed by atoms with van der Waals surface area (Å²) in [7, 11) is 0. The summed E-state index contributed by atoms with van der Waals surface area (Å²) >= 11 is 7.16. The predicted octanol–water partition coefficient (Wildman–Crippen LogP) is 2.55. The maximum absolute atomic E-state index is 11.0. The Hall–Kier alpha value is -1.77. The van der Waals surface area contributed by atoms with Gasteiger partial charge in [-0.2, -0.15) is 16.3 Å². The molecular weight excluding hydrogens is 304 g/mol. The van der Waals surface area contributed by atoms with E-state index in [1.807, 2.05) is 5.38 Å². The molecule has 1 atom stereocenters. The van der Waals surface area contributed by atoms with Crippen LogP contribution in [0.3, 0.4) is 0 Å². The van der Waals surface area contributed by atoms with Crippen LogP contribution in [0.4, 0.5) is 11.5 Å². The Kier molecular flexibility index (Phi) is 4.48. The second-order valence-corrected chi connectivity index (χ2v) is 5.10. The highest BCUT2D eigenvalue weighted by Crippen LogP contribution is 2.27. The number of aliphatic hydroxyl groups excluding tert-OH is 1. The fraction of sp³-hybridized carbons (Fsp3) is 0.273. The second kappa shape index (κ2) is 6.12. The summed E-state index contributed by atoms with van der Waals surface area (Å²) in [6.45, 7) is 1.57. The monoisotopic (exact) mass is 314 g/mol. The second-order valence-electron chi connectivity index (χ2n) is 3.99. The van der Waals surface area contributed by atoms with E-state index >= 15 is 0 Å². The van der Waals surface area contributed by atoms with Crippen LogP contribution in [0.15, 0.2) is 16.8 Å². The van der Waals surface area contributed by atoms with Crippen LogP contribution in [0.25, 0.3) is 0 Å². The number of nitro groups is 1. The molecule has 0 aliphatic rings. The predicted molar refractivity (Wildman–Crippen MR) is 76.2 cm³/mol. The molecule has 2 aromatic heterocycles. The molecule has 2 aromatic rings. The molecule has 9 heteroatoms. The van der Waals surface area contributed by atoms with Crippen LogP contribution in [0.1, 0.15) is 17.4 Å². The van der Waals surface area contributed by atoms with Gasteiger partial charge in [0, 0.05) is 6.54 Å². The molecule has 2 N–H and O–H groups in total. The van der Waals surface area contributed by atoms with E-state index in [2.05, 4.69) is 15.3 Å². The Morgan fingerprint density at radius 3 is 2.95 bits per heavy atom. The molecule has 0 saturated heterocycles. The minimum Gasteiger partial charge on any atom is -0.387 e. The molecule has 0 saturated carbocycles. The van der Waals surface area contributed by atoms with Gasteiger partial charge >= 0.3 is 5.69 Å². The lowest BCUT2D eigenvalue weighted by molar-refractivity contribution is -0.385. The number of aryl methyl sites for hydroxylation is 1. The van der Waals surface area contributed by atoms with Crippen molar-refractivity contribution in [2.45, 2.75) is 13.0 Å². The van der Waals surface area contributed by atoms with Crippen molar-refractivity contribution < 1.29 is 10.0 Å². The first-order valence-electron chi connectivity index (χ1n) is 5.61. The van der Waals surface area contributed by atoms with Gasteiger partial charge in [-0.05, 0) is 40.9 Å². The standard InChI is InChI=1S/C11H11ClN4O3S/c1-6-9(16(18)19)10(15-11(12)14-6)13-4-8(17)7-2-3-20-5-7/h2-3,5,8,17H,4H2,1H3,(H,13,14,15). The van der Waals surface area contributed by atoms with Crippen LogP contribution >= 0.6 is 22.9 Å². The molecule has 0 amide bonds. The van der Waals surface area contributed by atoms with Gasteiger partial charge in [-0.1, -0.05) is 0 Å². The molecule has 20 heavy (non-hydrogen) atoms. The molecule has 0 aliphatic heterocycles. The fourth-order valence-electron chi connectivity index (χ4n) is 1.65. The van der Waals surface area contributed by atoms with Crippen LogP contribution in [0.2, 0.25) is 5.28 Å². The molecule has 0 bridgehead atoms. The van der Waals surface area contributed by atoms with Gasteiger partial charge in [-0.3, -0.25) is 10.1 Å². The van der Waals surface area contributed by atoms with Crippen molar-refractivity contribution in [1.82, 2.24) is 9.97 Å². The van der Waals surface area contributed by atoms with Gasteiger partial charge in [0.25, 0.3) is 0 Å². The average molecular weight is 315 g/mol. The van der Waals surface area contributed by atoms with Crippen LogP contribution in [-0.2, 0) is 0 Å². The van der Waals surface area contributed by atoms with Gasteiger partial charge in [0.1, 0.15) is 5.69 Å². The number of thiophene rings is 1. The molecular formula is C11H11ClN4O3S. The Morgan fingerprint density at radius 1 is 1.60 bits per heavy atom. The Balaban J connectivity index is 2.19. The van der Waals surface area contributed by atoms with Crippen molar-refractivity contribution >= 4 is 34.4 Å². The largest absolute Gasteiger partial charge is 0.387 e. The number of halogens is 1. The van der Waals surface area contributed by atoms with E-state index < -0.39 is 11.0 Å². The molecule has 0 spiro atoms. The number of rotatable bonds is 5. The molecule has 2 rings (SSSR count). The summed E-state index contributed by atoms with van der Waals surface area (Å²) in [5, 5.41) is 27.2. The van der Waals surface area contributed by atoms with Gasteiger partial charge in [0.05, 0.1) is 11.0 Å². The minimum absolute atomic E-state index is 0.00165. The van der Waals surface area contributed by atoms with Crippen molar-refractivity contribution in [3.05, 3.63) is 43.5 Å². The maximum Gasteiger partial charge on any atom is 0.332 e. The summed E-state index contributed by atoms with van der Waals surface area (Å²) < 4.78 is 0. The van der Waals surface area contributed by atoms with Gasteiger partial charge < -0.3 is 10.4 Å². The average Bonchev–Trinajstić information content (AvgIpc) is 2.88. The zero-order valence-corrected chi connectivity index (χ0v) is 12.0. The summed E-state index contributed by atoms with van der Waals surface area (Å²) in [6, 6.07) is 1.78. The van der Waals surface area contributed by atoms with Crippen molar-refractivity contribution in [3.63, 3.8) is 0 Å². The Bertz CT molecular complexity index is 620. The van der Waals surface area contributed by atoms with Crippen molar-refractivity contribution in [2.75, 3.05) is 11.9 Å². The lowest BCUT2D eigenvalue weighted by Gasteiger charge is -2.11. The van der Waals surface area contributed by atoms with E-state index in [4.69, 9.17) is 11.6 Å². The fourth-order valence-corrected chi connectivity index (χ4v) is 2.57. The molecule has 0 aliphatic carbocycles. The molecule has 1 unspecified atom stereocenters. The normalized spacial score (nSPS) is 12.2. The molecule has 106 valence electrons. The first-order chi connectivity index (χ1) is 9.49. The van der Waals surface area contributed by atoms with Crippen molar-refractivity contribution in [2.24, 2.45) is 0 Å². The van der Waals surface area contributed by atoms with Crippen LogP contribution in [-0.4, -0.2) is 26.5 Å². The number of hydrogen-bond donors (Lipinski definition) is 2. The third-order valence-corrected chi connectivity index (χ3v) is 3.47. The van der Waals surface area contributed by atoms with Crippen LogP contribution < -0.4 is 5.32 Å². The van der Waals surface area contributed by atoms with Gasteiger partial charge in [0.15, 0.2) is 0 Å². The van der Waals surface area contributed by atoms with E-state index in [1.54, 1.807) is 11.4 Å². The SMILES string of the molecule is Cc1nc(Cl)nc(NCC(O)c2ccsc2)c1[N+](=O)[O-]. The number of aromatic nitrogens is 2. The van der Waals surface area contributed by atoms with Gasteiger partial charge in [-0.25, -0.2) is 4.98 Å². The highest BCUT2D eigenvalue weighted by Gasteiger charge is 2.22. The number of aliphatic hydroxyl groups is 1. The molecule has 7 nitrogen and oxygen atoms in total. The number of nitrogens with one attached hydrogen (secondary N) is 1. The summed E-state index contributed by atoms with van der Waals surface area (Å²) in [5.74, 6) is 0.00165. The maximum atomic E-state index is 11.0. The summed E-state index contributed by atoms with van der Waals surface area (Å²) in [5.41, 5.74) is 0.663. The smallest absolute Gasteiger partial charge is 0.332 e. The first-order valence-corrected chi connectivity index (χ1v) is 6.93.